The van der Waals surface area contributed by atoms with E-state index in [1.807, 2.05) is 26.2 Å². The molecule has 0 aliphatic heterocycles. The van der Waals surface area contributed by atoms with Crippen LogP contribution in [0.15, 0.2) is 24.3 Å². The number of nitrogens with zero attached hydrogens (tertiary/aromatic N) is 2. The highest BCUT2D eigenvalue weighted by Crippen LogP contribution is 2.25. The lowest BCUT2D eigenvalue weighted by atomic mass is 9.90. The lowest BCUT2D eigenvalue weighted by molar-refractivity contribution is 0.587. The largest absolute Gasteiger partial charge is 0.378 e. The monoisotopic (exact) mass is 202 g/mol. The van der Waals surface area contributed by atoms with Crippen molar-refractivity contribution in [3.8, 4) is 6.07 Å². The molecule has 1 rings (SSSR count). The van der Waals surface area contributed by atoms with Crippen molar-refractivity contribution in [1.82, 2.24) is 0 Å². The van der Waals surface area contributed by atoms with E-state index in [0.717, 1.165) is 5.56 Å². The number of nitriles is 1. The smallest absolute Gasteiger partial charge is 0.0735 e. The minimum atomic E-state index is 0.00112. The Labute approximate surface area is 92.1 Å². The Morgan fingerprint density at radius 2 is 1.67 bits per heavy atom. The number of anilines is 1. The third-order valence-corrected chi connectivity index (χ3v) is 2.57. The van der Waals surface area contributed by atoms with Gasteiger partial charge in [0.15, 0.2) is 0 Å². The van der Waals surface area contributed by atoms with E-state index in [1.54, 1.807) is 0 Å². The van der Waals surface area contributed by atoms with Crippen LogP contribution in [0.4, 0.5) is 5.69 Å². The van der Waals surface area contributed by atoms with E-state index in [2.05, 4.69) is 36.9 Å². The fraction of sp³-hybridized carbons (Fsp3) is 0.462. The molecule has 0 spiro atoms. The summed E-state index contributed by atoms with van der Waals surface area (Å²) in [5, 5.41) is 9.07. The summed E-state index contributed by atoms with van der Waals surface area (Å²) in [6.45, 7) is 4.15. The predicted molar refractivity (Wildman–Crippen MR) is 64.0 cm³/mol. The number of hydrogen-bond acceptors (Lipinski definition) is 2. The molecule has 0 bridgehead atoms. The molecule has 0 heterocycles. The molecule has 1 atom stereocenters. The van der Waals surface area contributed by atoms with E-state index in [9.17, 15) is 0 Å². The SMILES string of the molecule is CC(C)[C@@H](C#N)c1ccc(N(C)C)cc1. The molecule has 0 N–H and O–H groups in total. The van der Waals surface area contributed by atoms with Crippen molar-refractivity contribution in [2.24, 2.45) is 5.92 Å². The first-order chi connectivity index (χ1) is 7.06. The summed E-state index contributed by atoms with van der Waals surface area (Å²) in [5.41, 5.74) is 2.28. The second-order valence-electron chi connectivity index (χ2n) is 4.34. The van der Waals surface area contributed by atoms with Crippen molar-refractivity contribution >= 4 is 5.69 Å². The minimum absolute atomic E-state index is 0.00112. The third kappa shape index (κ3) is 2.73. The Morgan fingerprint density at radius 1 is 1.13 bits per heavy atom. The van der Waals surface area contributed by atoms with Gasteiger partial charge in [-0.15, -0.1) is 0 Å². The zero-order chi connectivity index (χ0) is 11.4. The lowest BCUT2D eigenvalue weighted by Gasteiger charge is -2.16. The maximum absolute atomic E-state index is 9.07. The van der Waals surface area contributed by atoms with Crippen molar-refractivity contribution in [2.75, 3.05) is 19.0 Å². The summed E-state index contributed by atoms with van der Waals surface area (Å²) in [4.78, 5) is 2.06. The molecule has 15 heavy (non-hydrogen) atoms. The van der Waals surface area contributed by atoms with Crippen LogP contribution in [0.3, 0.4) is 0 Å². The first kappa shape index (κ1) is 11.6. The number of rotatable bonds is 3. The van der Waals surface area contributed by atoms with Gasteiger partial charge in [-0.1, -0.05) is 26.0 Å². The highest BCUT2D eigenvalue weighted by molar-refractivity contribution is 5.47. The van der Waals surface area contributed by atoms with Gasteiger partial charge in [-0.3, -0.25) is 0 Å². The zero-order valence-corrected chi connectivity index (χ0v) is 9.86. The molecule has 0 saturated carbocycles. The maximum atomic E-state index is 9.07. The molecule has 2 heteroatoms. The summed E-state index contributed by atoms with van der Waals surface area (Å²) in [5.74, 6) is 0.362. The van der Waals surface area contributed by atoms with E-state index in [4.69, 9.17) is 5.26 Å². The van der Waals surface area contributed by atoms with Gasteiger partial charge in [-0.2, -0.15) is 5.26 Å². The standard InChI is InChI=1S/C13H18N2/c1-10(2)13(9-14)11-5-7-12(8-6-11)15(3)4/h5-8,10,13H,1-4H3/t13-/m1/s1. The van der Waals surface area contributed by atoms with Crippen molar-refractivity contribution < 1.29 is 0 Å². The second kappa shape index (κ2) is 4.84. The van der Waals surface area contributed by atoms with Gasteiger partial charge in [0.1, 0.15) is 0 Å². The molecule has 1 aromatic carbocycles. The van der Waals surface area contributed by atoms with Crippen LogP contribution in [0.1, 0.15) is 25.3 Å². The summed E-state index contributed by atoms with van der Waals surface area (Å²) in [7, 11) is 4.03. The summed E-state index contributed by atoms with van der Waals surface area (Å²) >= 11 is 0. The molecule has 1 aromatic rings. The van der Waals surface area contributed by atoms with Crippen LogP contribution in [-0.4, -0.2) is 14.1 Å². The molecular weight excluding hydrogens is 184 g/mol. The molecule has 0 aliphatic carbocycles. The molecule has 80 valence electrons. The van der Waals surface area contributed by atoms with E-state index >= 15 is 0 Å². The third-order valence-electron chi connectivity index (χ3n) is 2.57. The summed E-state index contributed by atoms with van der Waals surface area (Å²) in [6.07, 6.45) is 0. The average molecular weight is 202 g/mol. The van der Waals surface area contributed by atoms with Gasteiger partial charge in [0, 0.05) is 19.8 Å². The molecule has 0 radical (unpaired) electrons. The van der Waals surface area contributed by atoms with Crippen molar-refractivity contribution in [2.45, 2.75) is 19.8 Å². The van der Waals surface area contributed by atoms with Crippen LogP contribution in [0.2, 0.25) is 0 Å². The Bertz CT molecular complexity index is 344. The van der Waals surface area contributed by atoms with Crippen LogP contribution in [-0.2, 0) is 0 Å². The van der Waals surface area contributed by atoms with Crippen molar-refractivity contribution in [3.63, 3.8) is 0 Å². The topological polar surface area (TPSA) is 27.0 Å². The fourth-order valence-corrected chi connectivity index (χ4v) is 1.59. The zero-order valence-electron chi connectivity index (χ0n) is 9.86. The van der Waals surface area contributed by atoms with Crippen molar-refractivity contribution in [3.05, 3.63) is 29.8 Å². The molecule has 0 saturated heterocycles. The highest BCUT2D eigenvalue weighted by Gasteiger charge is 2.14. The highest BCUT2D eigenvalue weighted by atomic mass is 15.1. The maximum Gasteiger partial charge on any atom is 0.0735 e. The molecule has 0 fully saturated rings. The second-order valence-corrected chi connectivity index (χ2v) is 4.34. The fourth-order valence-electron chi connectivity index (χ4n) is 1.59. The quantitative estimate of drug-likeness (QED) is 0.753. The number of hydrogen-bond donors (Lipinski definition) is 0. The average Bonchev–Trinajstić information content (AvgIpc) is 2.19. The van der Waals surface area contributed by atoms with Crippen LogP contribution in [0.25, 0.3) is 0 Å². The van der Waals surface area contributed by atoms with Gasteiger partial charge < -0.3 is 4.90 Å². The van der Waals surface area contributed by atoms with Gasteiger partial charge in [0.25, 0.3) is 0 Å². The molecule has 2 nitrogen and oxygen atoms in total. The molecule has 0 unspecified atom stereocenters. The van der Waals surface area contributed by atoms with Crippen LogP contribution in [0, 0.1) is 17.2 Å². The van der Waals surface area contributed by atoms with E-state index in [0.29, 0.717) is 5.92 Å². The normalized spacial score (nSPS) is 12.3. The molecular formula is C13H18N2. The van der Waals surface area contributed by atoms with Gasteiger partial charge >= 0.3 is 0 Å². The lowest BCUT2D eigenvalue weighted by Crippen LogP contribution is -2.09. The van der Waals surface area contributed by atoms with E-state index in [1.165, 1.54) is 5.69 Å². The Morgan fingerprint density at radius 3 is 2.00 bits per heavy atom. The molecule has 0 aliphatic rings. The Balaban J connectivity index is 2.93. The first-order valence-corrected chi connectivity index (χ1v) is 5.23. The van der Waals surface area contributed by atoms with Gasteiger partial charge in [0.05, 0.1) is 12.0 Å². The van der Waals surface area contributed by atoms with Gasteiger partial charge in [-0.05, 0) is 23.6 Å². The van der Waals surface area contributed by atoms with Crippen molar-refractivity contribution in [1.29, 1.82) is 5.26 Å². The molecule has 0 aromatic heterocycles. The van der Waals surface area contributed by atoms with Crippen LogP contribution < -0.4 is 4.90 Å². The van der Waals surface area contributed by atoms with Gasteiger partial charge in [-0.25, -0.2) is 0 Å². The van der Waals surface area contributed by atoms with Gasteiger partial charge in [0.2, 0.25) is 0 Å². The van der Waals surface area contributed by atoms with E-state index < -0.39 is 0 Å². The number of benzene rings is 1. The Kier molecular flexibility index (Phi) is 3.74. The predicted octanol–water partition coefficient (Wildman–Crippen LogP) is 3.02. The van der Waals surface area contributed by atoms with Crippen LogP contribution >= 0.6 is 0 Å². The summed E-state index contributed by atoms with van der Waals surface area (Å²) in [6, 6.07) is 10.6. The summed E-state index contributed by atoms with van der Waals surface area (Å²) < 4.78 is 0. The first-order valence-electron chi connectivity index (χ1n) is 5.23. The van der Waals surface area contributed by atoms with Crippen LogP contribution in [0.5, 0.6) is 0 Å². The Hall–Kier alpha value is -1.49. The molecule has 0 amide bonds. The minimum Gasteiger partial charge on any atom is -0.378 e. The van der Waals surface area contributed by atoms with E-state index in [-0.39, 0.29) is 5.92 Å².